The van der Waals surface area contributed by atoms with E-state index in [0.717, 1.165) is 17.7 Å². The van der Waals surface area contributed by atoms with E-state index in [-0.39, 0.29) is 6.42 Å². The number of rotatable bonds is 6. The summed E-state index contributed by atoms with van der Waals surface area (Å²) < 4.78 is 6.67. The third-order valence-electron chi connectivity index (χ3n) is 2.69. The summed E-state index contributed by atoms with van der Waals surface area (Å²) in [5, 5.41) is 16.5. The zero-order chi connectivity index (χ0) is 13.7. The predicted octanol–water partition coefficient (Wildman–Crippen LogP) is 1.08. The lowest BCUT2D eigenvalue weighted by Gasteiger charge is -2.07. The average Bonchev–Trinajstić information content (AvgIpc) is 2.84. The van der Waals surface area contributed by atoms with Gasteiger partial charge in [-0.05, 0) is 18.1 Å². The first-order valence-corrected chi connectivity index (χ1v) is 5.91. The molecule has 1 aromatic heterocycles. The molecule has 2 aromatic rings. The third-order valence-corrected chi connectivity index (χ3v) is 2.69. The van der Waals surface area contributed by atoms with Gasteiger partial charge >= 0.3 is 5.97 Å². The summed E-state index contributed by atoms with van der Waals surface area (Å²) in [5.74, 6) is -0.917. The molecule has 0 spiro atoms. The number of hydrogen-bond acceptors (Lipinski definition) is 4. The third kappa shape index (κ3) is 3.38. The predicted molar refractivity (Wildman–Crippen MR) is 68.3 cm³/mol. The summed E-state index contributed by atoms with van der Waals surface area (Å²) in [5.41, 5.74) is 2.41. The fraction of sp³-hybridized carbons (Fsp3) is 0.308. The molecule has 100 valence electrons. The summed E-state index contributed by atoms with van der Waals surface area (Å²) in [6.07, 6.45) is 2.28. The maximum Gasteiger partial charge on any atom is 0.309 e. The Kier molecular flexibility index (Phi) is 4.25. The molecular weight excluding hydrogens is 246 g/mol. The Labute approximate surface area is 110 Å². The second-order valence-electron chi connectivity index (χ2n) is 4.10. The first-order chi connectivity index (χ1) is 9.20. The minimum absolute atomic E-state index is 0.125. The number of methoxy groups -OCH3 is 1. The van der Waals surface area contributed by atoms with Crippen molar-refractivity contribution in [3.8, 4) is 5.69 Å². The smallest absolute Gasteiger partial charge is 0.309 e. The van der Waals surface area contributed by atoms with Crippen molar-refractivity contribution in [1.29, 1.82) is 0 Å². The summed E-state index contributed by atoms with van der Waals surface area (Å²) in [4.78, 5) is 10.6. The van der Waals surface area contributed by atoms with Gasteiger partial charge in [-0.25, -0.2) is 4.68 Å². The van der Waals surface area contributed by atoms with Crippen molar-refractivity contribution in [2.45, 2.75) is 12.8 Å². The van der Waals surface area contributed by atoms with E-state index in [9.17, 15) is 4.79 Å². The van der Waals surface area contributed by atoms with Gasteiger partial charge in [0.2, 0.25) is 0 Å². The molecule has 1 heterocycles. The van der Waals surface area contributed by atoms with Crippen LogP contribution in [0.1, 0.15) is 11.3 Å². The van der Waals surface area contributed by atoms with Crippen molar-refractivity contribution in [2.75, 3.05) is 13.7 Å². The van der Waals surface area contributed by atoms with Crippen LogP contribution in [-0.4, -0.2) is 39.8 Å². The summed E-state index contributed by atoms with van der Waals surface area (Å²) in [7, 11) is 1.66. The second-order valence-corrected chi connectivity index (χ2v) is 4.10. The Morgan fingerprint density at radius 2 is 2.21 bits per heavy atom. The number of benzene rings is 1. The Balaban J connectivity index is 2.25. The molecule has 1 N–H and O–H groups in total. The van der Waals surface area contributed by atoms with Crippen LogP contribution < -0.4 is 0 Å². The van der Waals surface area contributed by atoms with E-state index in [1.165, 1.54) is 0 Å². The maximum absolute atomic E-state index is 10.6. The largest absolute Gasteiger partial charge is 0.481 e. The van der Waals surface area contributed by atoms with Crippen molar-refractivity contribution in [1.82, 2.24) is 15.0 Å². The Morgan fingerprint density at radius 1 is 1.42 bits per heavy atom. The van der Waals surface area contributed by atoms with Crippen molar-refractivity contribution in [3.63, 3.8) is 0 Å². The number of carboxylic acids is 1. The van der Waals surface area contributed by atoms with E-state index in [1.54, 1.807) is 18.0 Å². The summed E-state index contributed by atoms with van der Waals surface area (Å²) in [6.45, 7) is 0.619. The number of hydrogen-bond donors (Lipinski definition) is 1. The summed E-state index contributed by atoms with van der Waals surface area (Å²) >= 11 is 0. The number of aliphatic carboxylic acids is 1. The van der Waals surface area contributed by atoms with Crippen LogP contribution in [0.15, 0.2) is 30.5 Å². The van der Waals surface area contributed by atoms with E-state index >= 15 is 0 Å². The van der Waals surface area contributed by atoms with E-state index in [2.05, 4.69) is 10.3 Å². The first-order valence-electron chi connectivity index (χ1n) is 5.91. The molecule has 0 aliphatic heterocycles. The van der Waals surface area contributed by atoms with Crippen LogP contribution in [0.5, 0.6) is 0 Å². The minimum atomic E-state index is -0.917. The SMILES string of the molecule is COCCc1ccccc1-n1cc(CC(=O)O)nn1. The van der Waals surface area contributed by atoms with Crippen LogP contribution in [0, 0.1) is 0 Å². The molecule has 0 aliphatic carbocycles. The molecular formula is C13H15N3O3. The lowest BCUT2D eigenvalue weighted by atomic mass is 10.1. The van der Waals surface area contributed by atoms with Crippen LogP contribution in [0.2, 0.25) is 0 Å². The molecule has 6 nitrogen and oxygen atoms in total. The molecule has 0 atom stereocenters. The van der Waals surface area contributed by atoms with Gasteiger partial charge in [0.1, 0.15) is 0 Å². The molecule has 0 unspecified atom stereocenters. The van der Waals surface area contributed by atoms with Crippen LogP contribution in [0.4, 0.5) is 0 Å². The Bertz CT molecular complexity index is 566. The van der Waals surface area contributed by atoms with Gasteiger partial charge in [-0.1, -0.05) is 23.4 Å². The number of para-hydroxylation sites is 1. The van der Waals surface area contributed by atoms with Gasteiger partial charge in [0.05, 0.1) is 30.6 Å². The maximum atomic E-state index is 10.6. The van der Waals surface area contributed by atoms with Crippen LogP contribution >= 0.6 is 0 Å². The Hall–Kier alpha value is -2.21. The van der Waals surface area contributed by atoms with Crippen molar-refractivity contribution in [3.05, 3.63) is 41.7 Å². The van der Waals surface area contributed by atoms with Crippen molar-refractivity contribution < 1.29 is 14.6 Å². The highest BCUT2D eigenvalue weighted by atomic mass is 16.5. The zero-order valence-corrected chi connectivity index (χ0v) is 10.6. The molecule has 0 radical (unpaired) electrons. The first kappa shape index (κ1) is 13.2. The van der Waals surface area contributed by atoms with Gasteiger partial charge in [-0.2, -0.15) is 0 Å². The average molecular weight is 261 g/mol. The number of nitrogens with zero attached hydrogens (tertiary/aromatic N) is 3. The van der Waals surface area contributed by atoms with Gasteiger partial charge in [0.15, 0.2) is 0 Å². The van der Waals surface area contributed by atoms with Crippen molar-refractivity contribution in [2.24, 2.45) is 0 Å². The molecule has 0 saturated heterocycles. The molecule has 1 aromatic carbocycles. The molecule has 0 saturated carbocycles. The molecule has 0 bridgehead atoms. The van der Waals surface area contributed by atoms with Gasteiger partial charge < -0.3 is 9.84 Å². The fourth-order valence-corrected chi connectivity index (χ4v) is 1.81. The number of aromatic nitrogens is 3. The van der Waals surface area contributed by atoms with Crippen LogP contribution in [0.25, 0.3) is 5.69 Å². The highest BCUT2D eigenvalue weighted by Crippen LogP contribution is 2.14. The fourth-order valence-electron chi connectivity index (χ4n) is 1.81. The van der Waals surface area contributed by atoms with E-state index in [4.69, 9.17) is 9.84 Å². The number of carbonyl (C=O) groups is 1. The van der Waals surface area contributed by atoms with Crippen LogP contribution in [-0.2, 0) is 22.4 Å². The molecule has 0 aliphatic rings. The molecule has 0 fully saturated rings. The van der Waals surface area contributed by atoms with Crippen molar-refractivity contribution >= 4 is 5.97 Å². The molecule has 19 heavy (non-hydrogen) atoms. The monoisotopic (exact) mass is 261 g/mol. The standard InChI is InChI=1S/C13H15N3O3/c1-19-7-6-10-4-2-3-5-12(10)16-9-11(14-15-16)8-13(17)18/h2-5,9H,6-8H2,1H3,(H,17,18). The number of carboxylic acid groups (broad SMARTS) is 1. The minimum Gasteiger partial charge on any atom is -0.481 e. The molecule has 6 heteroatoms. The van der Waals surface area contributed by atoms with E-state index in [1.807, 2.05) is 24.3 Å². The molecule has 2 rings (SSSR count). The second kappa shape index (κ2) is 6.10. The van der Waals surface area contributed by atoms with Crippen LogP contribution in [0.3, 0.4) is 0 Å². The highest BCUT2D eigenvalue weighted by molar-refractivity contribution is 5.69. The van der Waals surface area contributed by atoms with Gasteiger partial charge in [-0.15, -0.1) is 5.10 Å². The number of ether oxygens (including phenoxy) is 1. The zero-order valence-electron chi connectivity index (χ0n) is 10.6. The lowest BCUT2D eigenvalue weighted by molar-refractivity contribution is -0.136. The Morgan fingerprint density at radius 3 is 2.95 bits per heavy atom. The lowest BCUT2D eigenvalue weighted by Crippen LogP contribution is -2.03. The summed E-state index contributed by atoms with van der Waals surface area (Å²) in [6, 6.07) is 7.77. The quantitative estimate of drug-likeness (QED) is 0.842. The highest BCUT2D eigenvalue weighted by Gasteiger charge is 2.09. The topological polar surface area (TPSA) is 77.2 Å². The normalized spacial score (nSPS) is 10.6. The van der Waals surface area contributed by atoms with E-state index < -0.39 is 5.97 Å². The van der Waals surface area contributed by atoms with Gasteiger partial charge in [0, 0.05) is 7.11 Å². The van der Waals surface area contributed by atoms with Gasteiger partial charge in [0.25, 0.3) is 0 Å². The van der Waals surface area contributed by atoms with E-state index in [0.29, 0.717) is 12.3 Å². The molecule has 0 amide bonds. The van der Waals surface area contributed by atoms with Gasteiger partial charge in [-0.3, -0.25) is 4.79 Å².